The quantitative estimate of drug-likeness (QED) is 0.693. The van der Waals surface area contributed by atoms with Gasteiger partial charge in [-0.2, -0.15) is 0 Å². The molecule has 0 aliphatic carbocycles. The van der Waals surface area contributed by atoms with Gasteiger partial charge in [-0.15, -0.1) is 18.4 Å². The lowest BCUT2D eigenvalue weighted by molar-refractivity contribution is -0.274. The summed E-state index contributed by atoms with van der Waals surface area (Å²) in [7, 11) is 0. The first-order valence-electron chi connectivity index (χ1n) is 3.43. The van der Waals surface area contributed by atoms with E-state index < -0.39 is 6.36 Å². The second-order valence-corrected chi connectivity index (χ2v) is 2.21. The van der Waals surface area contributed by atoms with Gasteiger partial charge in [0.25, 0.3) is 6.26 Å². The fourth-order valence-electron chi connectivity index (χ4n) is 0.762. The van der Waals surface area contributed by atoms with E-state index in [1.54, 1.807) is 0 Å². The van der Waals surface area contributed by atoms with E-state index >= 15 is 0 Å². The molecule has 1 aromatic carbocycles. The maximum absolute atomic E-state index is 11.7. The van der Waals surface area contributed by atoms with E-state index in [9.17, 15) is 13.2 Å². The lowest BCUT2D eigenvalue weighted by Crippen LogP contribution is -2.16. The minimum Gasteiger partial charge on any atom is -0.406 e. The molecule has 0 N–H and O–H groups in total. The Morgan fingerprint density at radius 2 is 1.57 bits per heavy atom. The van der Waals surface area contributed by atoms with Crippen molar-refractivity contribution in [3.8, 4) is 17.8 Å². The highest BCUT2D eigenvalue weighted by molar-refractivity contribution is 5.31. The molecule has 0 aliphatic rings. The van der Waals surface area contributed by atoms with Crippen LogP contribution in [0.4, 0.5) is 13.2 Å². The summed E-state index contributed by atoms with van der Waals surface area (Å²) in [6.07, 6.45) is -3.32. The first-order chi connectivity index (χ1) is 6.51. The van der Waals surface area contributed by atoms with Crippen molar-refractivity contribution in [1.82, 2.24) is 0 Å². The largest absolute Gasteiger partial charge is 0.573 e. The van der Waals surface area contributed by atoms with Gasteiger partial charge >= 0.3 is 6.36 Å². The van der Waals surface area contributed by atoms with E-state index in [0.717, 1.165) is 12.1 Å². The molecule has 0 aromatic heterocycles. The monoisotopic (exact) mass is 203 g/mol. The molecule has 0 aliphatic heterocycles. The van der Waals surface area contributed by atoms with Crippen LogP contribution in [0.3, 0.4) is 0 Å². The van der Waals surface area contributed by atoms with Crippen LogP contribution >= 0.6 is 0 Å². The van der Waals surface area contributed by atoms with Crippen molar-refractivity contribution in [1.29, 1.82) is 5.26 Å². The molecule has 0 spiro atoms. The van der Waals surface area contributed by atoms with Crippen molar-refractivity contribution in [2.24, 2.45) is 0 Å². The number of nitriles is 1. The van der Waals surface area contributed by atoms with Crippen molar-refractivity contribution in [2.45, 2.75) is 6.36 Å². The Hall–Kier alpha value is -1.90. The Kier molecular flexibility index (Phi) is 2.82. The highest BCUT2D eigenvalue weighted by atomic mass is 19.4. The van der Waals surface area contributed by atoms with Crippen LogP contribution in [-0.4, -0.2) is 6.36 Å². The standard InChI is InChI=1S/C8H4F3NO2/c9-8(10,11)14-7-3-1-6(2-4-7)13-5-12/h1-4H. The zero-order valence-electron chi connectivity index (χ0n) is 6.71. The molecule has 0 unspecified atom stereocenters. The van der Waals surface area contributed by atoms with Crippen LogP contribution in [-0.2, 0) is 0 Å². The number of hydrogen-bond acceptors (Lipinski definition) is 3. The van der Waals surface area contributed by atoms with Gasteiger partial charge in [0.2, 0.25) is 0 Å². The number of alkyl halides is 3. The van der Waals surface area contributed by atoms with E-state index in [2.05, 4.69) is 9.47 Å². The van der Waals surface area contributed by atoms with Gasteiger partial charge in [0, 0.05) is 0 Å². The van der Waals surface area contributed by atoms with Crippen molar-refractivity contribution in [2.75, 3.05) is 0 Å². The molecule has 0 heterocycles. The van der Waals surface area contributed by atoms with Crippen LogP contribution in [0.1, 0.15) is 0 Å². The number of nitrogens with zero attached hydrogens (tertiary/aromatic N) is 1. The summed E-state index contributed by atoms with van der Waals surface area (Å²) in [5.41, 5.74) is 0. The molecule has 6 heteroatoms. The zero-order chi connectivity index (χ0) is 10.6. The van der Waals surface area contributed by atoms with Crippen LogP contribution in [0.25, 0.3) is 0 Å². The van der Waals surface area contributed by atoms with Gasteiger partial charge in [0.15, 0.2) is 0 Å². The molecule has 0 fully saturated rings. The minimum atomic E-state index is -4.71. The molecule has 14 heavy (non-hydrogen) atoms. The van der Waals surface area contributed by atoms with Crippen LogP contribution < -0.4 is 9.47 Å². The summed E-state index contributed by atoms with van der Waals surface area (Å²) in [6, 6.07) is 4.51. The van der Waals surface area contributed by atoms with Gasteiger partial charge in [-0.05, 0) is 24.3 Å². The predicted octanol–water partition coefficient (Wildman–Crippen LogP) is 2.45. The molecule has 0 radical (unpaired) electrons. The Labute approximate surface area is 77.3 Å². The topological polar surface area (TPSA) is 42.2 Å². The average Bonchev–Trinajstić information content (AvgIpc) is 2.06. The Morgan fingerprint density at radius 3 is 2.00 bits per heavy atom. The fourth-order valence-corrected chi connectivity index (χ4v) is 0.762. The molecule has 1 rings (SSSR count). The summed E-state index contributed by atoms with van der Waals surface area (Å²) < 4.78 is 43.0. The van der Waals surface area contributed by atoms with Crippen LogP contribution in [0.5, 0.6) is 11.5 Å². The van der Waals surface area contributed by atoms with E-state index in [4.69, 9.17) is 5.26 Å². The van der Waals surface area contributed by atoms with Gasteiger partial charge in [0.05, 0.1) is 0 Å². The summed E-state index contributed by atoms with van der Waals surface area (Å²) in [5.74, 6) is -0.204. The SMILES string of the molecule is N#COc1ccc(OC(F)(F)F)cc1. The van der Waals surface area contributed by atoms with Crippen molar-refractivity contribution in [3.63, 3.8) is 0 Å². The summed E-state index contributed by atoms with van der Waals surface area (Å²) >= 11 is 0. The number of ether oxygens (including phenoxy) is 2. The lowest BCUT2D eigenvalue weighted by Gasteiger charge is -2.08. The van der Waals surface area contributed by atoms with Crippen LogP contribution in [0, 0.1) is 11.5 Å². The third-order valence-corrected chi connectivity index (χ3v) is 1.22. The fraction of sp³-hybridized carbons (Fsp3) is 0.125. The molecule has 1 aromatic rings. The van der Waals surface area contributed by atoms with E-state index in [1.165, 1.54) is 18.4 Å². The van der Waals surface area contributed by atoms with E-state index in [-0.39, 0.29) is 11.5 Å². The van der Waals surface area contributed by atoms with Gasteiger partial charge in [-0.3, -0.25) is 0 Å². The molecular formula is C8H4F3NO2. The summed E-state index contributed by atoms with van der Waals surface area (Å²) in [6.45, 7) is 0. The van der Waals surface area contributed by atoms with Gasteiger partial charge in [0.1, 0.15) is 11.5 Å². The molecule has 0 bridgehead atoms. The van der Waals surface area contributed by atoms with Crippen molar-refractivity contribution in [3.05, 3.63) is 24.3 Å². The van der Waals surface area contributed by atoms with Gasteiger partial charge in [-0.1, -0.05) is 0 Å². The molecule has 0 atom stereocenters. The number of rotatable bonds is 2. The molecular weight excluding hydrogens is 199 g/mol. The second kappa shape index (κ2) is 3.87. The number of hydrogen-bond donors (Lipinski definition) is 0. The Balaban J connectivity index is 2.70. The molecule has 0 amide bonds. The smallest absolute Gasteiger partial charge is 0.406 e. The van der Waals surface area contributed by atoms with Crippen LogP contribution in [0.15, 0.2) is 24.3 Å². The molecule has 0 saturated carbocycles. The Morgan fingerprint density at radius 1 is 1.07 bits per heavy atom. The zero-order valence-corrected chi connectivity index (χ0v) is 6.71. The highest BCUT2D eigenvalue weighted by Gasteiger charge is 2.30. The first-order valence-corrected chi connectivity index (χ1v) is 3.43. The first kappa shape index (κ1) is 10.2. The second-order valence-electron chi connectivity index (χ2n) is 2.21. The minimum absolute atomic E-state index is 0.155. The van der Waals surface area contributed by atoms with Crippen molar-refractivity contribution < 1.29 is 22.6 Å². The van der Waals surface area contributed by atoms with Gasteiger partial charge in [-0.25, -0.2) is 0 Å². The van der Waals surface area contributed by atoms with E-state index in [0.29, 0.717) is 0 Å². The molecule has 0 saturated heterocycles. The third kappa shape index (κ3) is 3.23. The average molecular weight is 203 g/mol. The normalized spacial score (nSPS) is 10.4. The predicted molar refractivity (Wildman–Crippen MR) is 39.4 cm³/mol. The van der Waals surface area contributed by atoms with Gasteiger partial charge < -0.3 is 9.47 Å². The van der Waals surface area contributed by atoms with E-state index in [1.807, 2.05) is 0 Å². The summed E-state index contributed by atoms with van der Waals surface area (Å²) in [4.78, 5) is 0. The highest BCUT2D eigenvalue weighted by Crippen LogP contribution is 2.24. The lowest BCUT2D eigenvalue weighted by atomic mass is 10.3. The summed E-state index contributed by atoms with van der Waals surface area (Å²) in [5, 5.41) is 8.09. The number of benzene rings is 1. The van der Waals surface area contributed by atoms with Crippen molar-refractivity contribution >= 4 is 0 Å². The van der Waals surface area contributed by atoms with Crippen LogP contribution in [0.2, 0.25) is 0 Å². The maximum atomic E-state index is 11.7. The molecule has 74 valence electrons. The number of halogens is 3. The maximum Gasteiger partial charge on any atom is 0.573 e. The Bertz CT molecular complexity index is 339. The third-order valence-electron chi connectivity index (χ3n) is 1.22. The molecule has 3 nitrogen and oxygen atoms in total.